The van der Waals surface area contributed by atoms with Crippen molar-refractivity contribution in [2.24, 2.45) is 0 Å². The summed E-state index contributed by atoms with van der Waals surface area (Å²) in [5.74, 6) is 1.52. The molecule has 0 spiro atoms. The van der Waals surface area contributed by atoms with Gasteiger partial charge < -0.3 is 13.9 Å². The Labute approximate surface area is 436 Å². The molecular formula is C64H46N4OPt-2. The SMILES string of the molecule is [2H]c1c([2H])c([2H])c(-c2cccc(-c3c([2H])c([2H])c([2H])c([2H])c3[2H])c2-[n+]2[c-]n(-c3[c-]c(Oc4[c-]c5c(cc4)c4ccccc4n5-c4cc(C(C)(C)C)ccn4)ccc3)c3ccc(-c4ccccc4-c4ccccc4)cc32)c([2H])c1[2H].[Pt]. The van der Waals surface area contributed by atoms with Crippen molar-refractivity contribution in [1.29, 1.82) is 0 Å². The normalized spacial score (nSPS) is 13.5. The van der Waals surface area contributed by atoms with Crippen LogP contribution in [0.4, 0.5) is 0 Å². The van der Waals surface area contributed by atoms with Crippen LogP contribution in [0, 0.1) is 18.5 Å². The van der Waals surface area contributed by atoms with Gasteiger partial charge in [0.15, 0.2) is 0 Å². The van der Waals surface area contributed by atoms with Crippen molar-refractivity contribution < 1.29 is 44.1 Å². The van der Waals surface area contributed by atoms with Gasteiger partial charge in [0.1, 0.15) is 5.82 Å². The van der Waals surface area contributed by atoms with Crippen LogP contribution in [0.25, 0.3) is 94.5 Å². The van der Waals surface area contributed by atoms with E-state index >= 15 is 0 Å². The van der Waals surface area contributed by atoms with Crippen LogP contribution in [0.1, 0.15) is 40.0 Å². The monoisotopic (exact) mass is 1090 g/mol. The standard InChI is InChI=1S/C64H46N4O.Pt/c1-64(2,3)48-37-38-65-62(40-48)68-58-32-16-15-29-56(58)57-35-34-51(42-60(57)68)69-50-26-17-25-49(41-50)66-43-67(63-54(45-21-9-5-10-22-45)30-18-31-55(63)46-23-11-6-12-24-46)61-39-47(33-36-59(61)66)53-28-14-13-27-52(53)44-19-7-4-8-20-44;/h4-40H,1-3H3;/q-2;/i5D,6D,9D,10D,11D,12D,21D,22D,23D,24D;. The Morgan fingerprint density at radius 3 is 1.91 bits per heavy atom. The summed E-state index contributed by atoms with van der Waals surface area (Å²) in [5.41, 5.74) is 8.03. The van der Waals surface area contributed by atoms with Gasteiger partial charge in [-0.05, 0) is 90.8 Å². The van der Waals surface area contributed by atoms with Crippen molar-refractivity contribution in [2.75, 3.05) is 0 Å². The molecule has 3 aromatic heterocycles. The first-order chi connectivity index (χ1) is 38.0. The summed E-state index contributed by atoms with van der Waals surface area (Å²) in [6.45, 7) is 6.51. The Balaban J connectivity index is 0.00000675. The van der Waals surface area contributed by atoms with Crippen LogP contribution in [0.2, 0.25) is 0 Å². The van der Waals surface area contributed by atoms with Crippen molar-refractivity contribution in [1.82, 2.24) is 14.1 Å². The number of imidazole rings is 1. The zero-order chi connectivity index (χ0) is 55.2. The van der Waals surface area contributed by atoms with Crippen LogP contribution >= 0.6 is 0 Å². The molecule has 5 nitrogen and oxygen atoms in total. The number of nitrogens with zero attached hydrogens (tertiary/aromatic N) is 4. The van der Waals surface area contributed by atoms with Gasteiger partial charge in [-0.25, -0.2) is 4.98 Å². The van der Waals surface area contributed by atoms with Crippen LogP contribution in [-0.4, -0.2) is 14.1 Å². The van der Waals surface area contributed by atoms with Gasteiger partial charge in [0.05, 0.1) is 30.4 Å². The summed E-state index contributed by atoms with van der Waals surface area (Å²) >= 11 is 0. The summed E-state index contributed by atoms with van der Waals surface area (Å²) in [5, 5.41) is 2.01. The average Bonchev–Trinajstić information content (AvgIpc) is 4.04. The average molecular weight is 1090 g/mol. The van der Waals surface area contributed by atoms with Crippen molar-refractivity contribution in [2.45, 2.75) is 26.2 Å². The third-order valence-corrected chi connectivity index (χ3v) is 12.4. The number of ether oxygens (including phenoxy) is 1. The van der Waals surface area contributed by atoms with Crippen LogP contribution in [0.5, 0.6) is 11.5 Å². The van der Waals surface area contributed by atoms with E-state index in [-0.39, 0.29) is 54.4 Å². The van der Waals surface area contributed by atoms with Crippen molar-refractivity contribution >= 4 is 32.8 Å². The summed E-state index contributed by atoms with van der Waals surface area (Å²) in [4.78, 5) is 4.83. The summed E-state index contributed by atoms with van der Waals surface area (Å²) in [6, 6.07) is 51.9. The molecule has 340 valence electrons. The van der Waals surface area contributed by atoms with Gasteiger partial charge in [-0.2, -0.15) is 18.2 Å². The third kappa shape index (κ3) is 8.12. The predicted molar refractivity (Wildman–Crippen MR) is 280 cm³/mol. The smallest absolute Gasteiger partial charge is 0.268 e. The van der Waals surface area contributed by atoms with Crippen molar-refractivity contribution in [3.05, 3.63) is 248 Å². The van der Waals surface area contributed by atoms with E-state index in [0.717, 1.165) is 55.4 Å². The van der Waals surface area contributed by atoms with E-state index < -0.39 is 60.4 Å². The topological polar surface area (TPSA) is 35.9 Å². The first-order valence-electron chi connectivity index (χ1n) is 27.6. The fraction of sp³-hybridized carbons (Fsp3) is 0.0625. The minimum Gasteiger partial charge on any atom is -0.510 e. The maximum absolute atomic E-state index is 9.24. The molecule has 0 saturated heterocycles. The van der Waals surface area contributed by atoms with Gasteiger partial charge >= 0.3 is 0 Å². The molecule has 9 aromatic carbocycles. The predicted octanol–water partition coefficient (Wildman–Crippen LogP) is 15.6. The molecule has 0 N–H and O–H groups in total. The maximum Gasteiger partial charge on any atom is 0.268 e. The zero-order valence-corrected chi connectivity index (χ0v) is 40.4. The second kappa shape index (κ2) is 18.4. The Morgan fingerprint density at radius 1 is 0.543 bits per heavy atom. The molecule has 12 rings (SSSR count). The second-order valence-corrected chi connectivity index (χ2v) is 17.7. The fourth-order valence-electron chi connectivity index (χ4n) is 9.11. The van der Waals surface area contributed by atoms with E-state index in [4.69, 9.17) is 17.9 Å². The van der Waals surface area contributed by atoms with E-state index in [1.807, 2.05) is 121 Å². The molecule has 0 fully saturated rings. The van der Waals surface area contributed by atoms with Crippen LogP contribution in [0.15, 0.2) is 224 Å². The molecule has 0 unspecified atom stereocenters. The van der Waals surface area contributed by atoms with E-state index in [0.29, 0.717) is 28.2 Å². The van der Waals surface area contributed by atoms with Gasteiger partial charge in [0.2, 0.25) is 0 Å². The van der Waals surface area contributed by atoms with Crippen LogP contribution in [-0.2, 0) is 26.5 Å². The Hall–Kier alpha value is -8.11. The molecule has 6 heteroatoms. The molecule has 12 aromatic rings. The van der Waals surface area contributed by atoms with Crippen LogP contribution < -0.4 is 9.30 Å². The molecule has 0 aliphatic heterocycles. The molecule has 0 aliphatic rings. The number of rotatable bonds is 9. The molecule has 0 amide bonds. The number of para-hydroxylation sites is 2. The number of aromatic nitrogens is 4. The first kappa shape index (κ1) is 34.2. The molecule has 0 radical (unpaired) electrons. The molecule has 0 aliphatic carbocycles. The maximum atomic E-state index is 9.24. The minimum absolute atomic E-state index is 0. The van der Waals surface area contributed by atoms with Gasteiger partial charge in [0, 0.05) is 44.3 Å². The molecule has 0 atom stereocenters. The summed E-state index contributed by atoms with van der Waals surface area (Å²) in [7, 11) is 0. The van der Waals surface area contributed by atoms with Crippen molar-refractivity contribution in [3.63, 3.8) is 0 Å². The third-order valence-electron chi connectivity index (χ3n) is 12.4. The number of pyridine rings is 1. The Morgan fingerprint density at radius 2 is 1.19 bits per heavy atom. The zero-order valence-electron chi connectivity index (χ0n) is 48.1. The van der Waals surface area contributed by atoms with E-state index in [1.54, 1.807) is 33.4 Å². The van der Waals surface area contributed by atoms with Gasteiger partial charge in [-0.1, -0.05) is 190 Å². The van der Waals surface area contributed by atoms with Crippen molar-refractivity contribution in [3.8, 4) is 73.2 Å². The molecule has 0 saturated carbocycles. The first-order valence-corrected chi connectivity index (χ1v) is 22.6. The number of fused-ring (bicyclic) bond motifs is 4. The largest absolute Gasteiger partial charge is 0.510 e. The van der Waals surface area contributed by atoms with Gasteiger partial charge in [-0.3, -0.25) is 4.57 Å². The molecular weight excluding hydrogens is 1040 g/mol. The Kier molecular flexibility index (Phi) is 9.00. The Bertz CT molecular complexity index is 4330. The fourth-order valence-corrected chi connectivity index (χ4v) is 9.11. The van der Waals surface area contributed by atoms with E-state index in [2.05, 4.69) is 62.0 Å². The molecule has 70 heavy (non-hydrogen) atoms. The molecule has 0 bridgehead atoms. The minimum atomic E-state index is -0.583. The summed E-state index contributed by atoms with van der Waals surface area (Å²) in [6.07, 6.45) is 5.35. The number of hydrogen-bond acceptors (Lipinski definition) is 2. The number of hydrogen-bond donors (Lipinski definition) is 0. The van der Waals surface area contributed by atoms with Gasteiger partial charge in [0.25, 0.3) is 6.33 Å². The summed E-state index contributed by atoms with van der Waals surface area (Å²) < 4.78 is 101. The number of benzene rings is 9. The van der Waals surface area contributed by atoms with Crippen LogP contribution in [0.3, 0.4) is 0 Å². The quantitative estimate of drug-likeness (QED) is 0.107. The second-order valence-electron chi connectivity index (χ2n) is 17.7. The van der Waals surface area contributed by atoms with E-state index in [9.17, 15) is 5.48 Å². The van der Waals surface area contributed by atoms with E-state index in [1.165, 1.54) is 0 Å². The molecule has 3 heterocycles. The van der Waals surface area contributed by atoms with Gasteiger partial charge in [-0.15, -0.1) is 29.7 Å².